The predicted molar refractivity (Wildman–Crippen MR) is 86.0 cm³/mol. The summed E-state index contributed by atoms with van der Waals surface area (Å²) < 4.78 is 9.54. The van der Waals surface area contributed by atoms with Gasteiger partial charge in [0.25, 0.3) is 0 Å². The highest BCUT2D eigenvalue weighted by Gasteiger charge is 2.18. The van der Waals surface area contributed by atoms with Gasteiger partial charge in [-0.05, 0) is 0 Å². The molecule has 0 unspecified atom stereocenters. The predicted octanol–water partition coefficient (Wildman–Crippen LogP) is 1.43. The fourth-order valence-corrected chi connectivity index (χ4v) is 2.21. The van der Waals surface area contributed by atoms with Crippen molar-refractivity contribution in [3.05, 3.63) is 17.5 Å². The largest absolute Gasteiger partial charge is 0.453 e. The van der Waals surface area contributed by atoms with Crippen molar-refractivity contribution in [2.24, 2.45) is 0 Å². The molecule has 0 fully saturated rings. The second-order valence-electron chi connectivity index (χ2n) is 4.27. The normalized spacial score (nSPS) is 10.2. The number of ketones is 2. The molecular weight excluding hydrogens is 440 g/mol. The highest BCUT2D eigenvalue weighted by Crippen LogP contribution is 2.04. The Morgan fingerprint density at radius 2 is 1.48 bits per heavy atom. The molecule has 0 atom stereocenters. The van der Waals surface area contributed by atoms with Crippen LogP contribution in [0.15, 0.2) is 6.07 Å². The van der Waals surface area contributed by atoms with Gasteiger partial charge in [0, 0.05) is 29.6 Å². The van der Waals surface area contributed by atoms with Crippen LogP contribution in [0.5, 0.6) is 0 Å². The number of aromatic amines is 1. The van der Waals surface area contributed by atoms with Gasteiger partial charge in [0.05, 0.1) is 0 Å². The van der Waals surface area contributed by atoms with Crippen molar-refractivity contribution < 1.29 is 28.7 Å². The molecule has 1 N–H and O–H groups in total. The molecule has 0 saturated heterocycles. The topological polar surface area (TPSA) is 115 Å². The molecular formula is C13H14Br2N2O6. The van der Waals surface area contributed by atoms with E-state index in [1.807, 2.05) is 0 Å². The Balaban J connectivity index is 2.49. The quantitative estimate of drug-likeness (QED) is 0.420. The maximum Gasteiger partial charge on any atom is 0.359 e. The molecule has 1 heterocycles. The van der Waals surface area contributed by atoms with Crippen molar-refractivity contribution in [1.82, 2.24) is 10.2 Å². The molecule has 1 aromatic rings. The van der Waals surface area contributed by atoms with Crippen LogP contribution < -0.4 is 0 Å². The molecule has 1 rings (SSSR count). The van der Waals surface area contributed by atoms with Crippen LogP contribution >= 0.6 is 31.9 Å². The fourth-order valence-electron chi connectivity index (χ4n) is 1.33. The number of H-pyrrole nitrogens is 1. The van der Waals surface area contributed by atoms with Crippen molar-refractivity contribution >= 4 is 55.4 Å². The summed E-state index contributed by atoms with van der Waals surface area (Å²) >= 11 is 6.20. The Morgan fingerprint density at radius 1 is 0.957 bits per heavy atom. The number of carbonyl (C=O) groups excluding carboxylic acids is 4. The summed E-state index contributed by atoms with van der Waals surface area (Å²) in [5, 5.41) is 6.89. The molecule has 0 aromatic carbocycles. The van der Waals surface area contributed by atoms with Gasteiger partial charge in [0.2, 0.25) is 0 Å². The van der Waals surface area contributed by atoms with Crippen LogP contribution in [0.1, 0.15) is 33.8 Å². The van der Waals surface area contributed by atoms with Gasteiger partial charge in [0.1, 0.15) is 18.9 Å². The lowest BCUT2D eigenvalue weighted by Gasteiger charge is -2.01. The number of nitrogens with one attached hydrogen (secondary N) is 1. The lowest BCUT2D eigenvalue weighted by Crippen LogP contribution is -2.15. The van der Waals surface area contributed by atoms with Gasteiger partial charge in [-0.1, -0.05) is 31.9 Å². The smallest absolute Gasteiger partial charge is 0.359 e. The summed E-state index contributed by atoms with van der Waals surface area (Å²) in [6.07, 6.45) is 0.490. The molecule has 126 valence electrons. The summed E-state index contributed by atoms with van der Waals surface area (Å²) in [7, 11) is 0. The maximum atomic E-state index is 11.7. The number of ether oxygens (including phenoxy) is 2. The van der Waals surface area contributed by atoms with E-state index in [9.17, 15) is 19.2 Å². The number of halogens is 2. The molecule has 10 heteroatoms. The minimum atomic E-state index is -0.835. The first-order chi connectivity index (χ1) is 11.0. The molecule has 0 aliphatic heterocycles. The first kappa shape index (κ1) is 19.5. The third-order valence-electron chi connectivity index (χ3n) is 2.48. The average Bonchev–Trinajstić information content (AvgIpc) is 3.01. The standard InChI is InChI=1S/C13H14Br2N2O6/c14-3-1-8(18)6-22-12(20)10-5-11(17-16-10)13(21)23-7-9(19)2-4-15/h5H,1-4,6-7H2,(H,16,17). The highest BCUT2D eigenvalue weighted by atomic mass is 79.9. The molecule has 0 saturated carbocycles. The molecule has 0 aliphatic rings. The highest BCUT2D eigenvalue weighted by molar-refractivity contribution is 9.09. The van der Waals surface area contributed by atoms with E-state index in [-0.39, 0.29) is 49.0 Å². The van der Waals surface area contributed by atoms with E-state index >= 15 is 0 Å². The van der Waals surface area contributed by atoms with Gasteiger partial charge in [-0.25, -0.2) is 9.59 Å². The van der Waals surface area contributed by atoms with Crippen LogP contribution in [-0.4, -0.2) is 57.6 Å². The summed E-state index contributed by atoms with van der Waals surface area (Å²) in [6.45, 7) is -0.720. The summed E-state index contributed by atoms with van der Waals surface area (Å²) in [5.41, 5.74) is -0.245. The number of carbonyl (C=O) groups is 4. The van der Waals surface area contributed by atoms with Crippen molar-refractivity contribution in [3.8, 4) is 0 Å². The van der Waals surface area contributed by atoms with Crippen LogP contribution in [0, 0.1) is 0 Å². The van der Waals surface area contributed by atoms with Crippen molar-refractivity contribution in [3.63, 3.8) is 0 Å². The Bertz CT molecular complexity index is 538. The van der Waals surface area contributed by atoms with E-state index < -0.39 is 11.9 Å². The fraction of sp³-hybridized carbons (Fsp3) is 0.462. The average molecular weight is 454 g/mol. The molecule has 23 heavy (non-hydrogen) atoms. The van der Waals surface area contributed by atoms with Crippen molar-refractivity contribution in [1.29, 1.82) is 0 Å². The second kappa shape index (κ2) is 10.3. The second-order valence-corrected chi connectivity index (χ2v) is 5.86. The van der Waals surface area contributed by atoms with Gasteiger partial charge in [-0.15, -0.1) is 0 Å². The SMILES string of the molecule is O=C(CCBr)COC(=O)c1cc(C(=O)OCC(=O)CCBr)[nH]n1. The Labute approximate surface area is 148 Å². The van der Waals surface area contributed by atoms with Crippen LogP contribution in [0.2, 0.25) is 0 Å². The number of hydrogen-bond acceptors (Lipinski definition) is 7. The number of esters is 2. The molecule has 0 bridgehead atoms. The van der Waals surface area contributed by atoms with E-state index in [0.29, 0.717) is 10.7 Å². The third-order valence-corrected chi connectivity index (χ3v) is 3.28. The van der Waals surface area contributed by atoms with Gasteiger partial charge in [-0.3, -0.25) is 14.7 Å². The molecule has 1 aromatic heterocycles. The van der Waals surface area contributed by atoms with E-state index in [0.717, 1.165) is 6.07 Å². The number of Topliss-reactive ketones (excluding diaryl/α,β-unsaturated/α-hetero) is 2. The van der Waals surface area contributed by atoms with Crippen LogP contribution in [0.4, 0.5) is 0 Å². The number of alkyl halides is 2. The number of rotatable bonds is 10. The first-order valence-corrected chi connectivity index (χ1v) is 8.77. The lowest BCUT2D eigenvalue weighted by atomic mass is 10.3. The lowest BCUT2D eigenvalue weighted by molar-refractivity contribution is -0.122. The molecule has 0 amide bonds. The number of aromatic nitrogens is 2. The first-order valence-electron chi connectivity index (χ1n) is 6.53. The van der Waals surface area contributed by atoms with Crippen molar-refractivity contribution in [2.75, 3.05) is 23.9 Å². The van der Waals surface area contributed by atoms with Gasteiger partial charge in [0.15, 0.2) is 17.3 Å². The zero-order valence-electron chi connectivity index (χ0n) is 12.0. The van der Waals surface area contributed by atoms with Gasteiger partial charge >= 0.3 is 11.9 Å². The van der Waals surface area contributed by atoms with Gasteiger partial charge < -0.3 is 9.47 Å². The minimum absolute atomic E-state index is 0.0876. The van der Waals surface area contributed by atoms with Crippen LogP contribution in [0.3, 0.4) is 0 Å². The third kappa shape index (κ3) is 7.04. The Kier molecular flexibility index (Phi) is 8.70. The zero-order chi connectivity index (χ0) is 17.2. The van der Waals surface area contributed by atoms with Crippen LogP contribution in [0.25, 0.3) is 0 Å². The van der Waals surface area contributed by atoms with E-state index in [1.54, 1.807) is 0 Å². The number of hydrogen-bond donors (Lipinski definition) is 1. The maximum absolute atomic E-state index is 11.7. The molecule has 0 spiro atoms. The van der Waals surface area contributed by atoms with Crippen molar-refractivity contribution in [2.45, 2.75) is 12.8 Å². The van der Waals surface area contributed by atoms with Crippen LogP contribution in [-0.2, 0) is 19.1 Å². The van der Waals surface area contributed by atoms with Gasteiger partial charge in [-0.2, -0.15) is 5.10 Å². The molecule has 0 radical (unpaired) electrons. The summed E-state index contributed by atoms with van der Waals surface area (Å²) in [6, 6.07) is 1.13. The zero-order valence-corrected chi connectivity index (χ0v) is 15.1. The minimum Gasteiger partial charge on any atom is -0.453 e. The summed E-state index contributed by atoms with van der Waals surface area (Å²) in [5.74, 6) is -2.12. The molecule has 8 nitrogen and oxygen atoms in total. The number of nitrogens with zero attached hydrogens (tertiary/aromatic N) is 1. The molecule has 0 aliphatic carbocycles. The van der Waals surface area contributed by atoms with E-state index in [2.05, 4.69) is 42.1 Å². The summed E-state index contributed by atoms with van der Waals surface area (Å²) in [4.78, 5) is 45.8. The Morgan fingerprint density at radius 3 is 2.00 bits per heavy atom. The van der Waals surface area contributed by atoms with E-state index in [1.165, 1.54) is 0 Å². The monoisotopic (exact) mass is 452 g/mol. The van der Waals surface area contributed by atoms with E-state index in [4.69, 9.17) is 9.47 Å². The Hall–Kier alpha value is -1.55.